The third-order valence-electron chi connectivity index (χ3n) is 8.48. The molecule has 6 aliphatic rings. The Morgan fingerprint density at radius 3 is 1.31 bits per heavy atom. The quantitative estimate of drug-likeness (QED) is 0.271. The summed E-state index contributed by atoms with van der Waals surface area (Å²) in [6.07, 6.45) is 5.89. The molecule has 0 amide bonds. The van der Waals surface area contributed by atoms with Gasteiger partial charge in [0, 0.05) is 44.4 Å². The summed E-state index contributed by atoms with van der Waals surface area (Å²) in [5, 5.41) is 4.02. The third-order valence-corrected chi connectivity index (χ3v) is 8.48. The van der Waals surface area contributed by atoms with Crippen LogP contribution in [0.2, 0.25) is 0 Å². The molecule has 9 nitrogen and oxygen atoms in total. The maximum absolute atomic E-state index is 6.57. The van der Waals surface area contributed by atoms with Gasteiger partial charge in [-0.05, 0) is 46.2 Å². The summed E-state index contributed by atoms with van der Waals surface area (Å²) < 4.78 is 34.6. The molecule has 0 aliphatic carbocycles. The van der Waals surface area contributed by atoms with Crippen LogP contribution in [0.1, 0.15) is 46.2 Å². The third kappa shape index (κ3) is 5.36. The fraction of sp³-hybridized carbons (Fsp3) is 0.778. The van der Waals surface area contributed by atoms with E-state index in [0.717, 1.165) is 78.3 Å². The SMILES string of the molecule is NCc1c(CC2CO2)c(CN)c(CC2CO2)c(C(CC2CO2)(CC2CO2)NCC2CO2)c1CC1CO1. The van der Waals surface area contributed by atoms with Crippen LogP contribution in [0.5, 0.6) is 0 Å². The van der Waals surface area contributed by atoms with Crippen molar-refractivity contribution in [2.75, 3.05) is 46.2 Å². The molecule has 6 fully saturated rings. The van der Waals surface area contributed by atoms with Gasteiger partial charge in [0.25, 0.3) is 0 Å². The highest BCUT2D eigenvalue weighted by Gasteiger charge is 2.48. The van der Waals surface area contributed by atoms with E-state index in [2.05, 4.69) is 5.32 Å². The number of hydrogen-bond acceptors (Lipinski definition) is 9. The molecule has 6 saturated heterocycles. The molecule has 1 aromatic rings. The van der Waals surface area contributed by atoms with Crippen molar-refractivity contribution in [3.05, 3.63) is 33.4 Å². The summed E-state index contributed by atoms with van der Waals surface area (Å²) >= 11 is 0. The molecule has 36 heavy (non-hydrogen) atoms. The number of hydrogen-bond donors (Lipinski definition) is 3. The monoisotopic (exact) mass is 501 g/mol. The topological polar surface area (TPSA) is 139 Å². The number of ether oxygens (including phenoxy) is 6. The Morgan fingerprint density at radius 2 is 0.944 bits per heavy atom. The van der Waals surface area contributed by atoms with Crippen LogP contribution in [0.15, 0.2) is 0 Å². The van der Waals surface area contributed by atoms with E-state index >= 15 is 0 Å². The molecule has 6 unspecified atom stereocenters. The number of epoxide rings is 6. The molecule has 7 rings (SSSR count). The first-order valence-corrected chi connectivity index (χ1v) is 13.7. The van der Waals surface area contributed by atoms with Crippen molar-refractivity contribution >= 4 is 0 Å². The van der Waals surface area contributed by atoms with Gasteiger partial charge in [-0.2, -0.15) is 0 Å². The zero-order chi connectivity index (χ0) is 24.3. The fourth-order valence-electron chi connectivity index (χ4n) is 6.20. The molecule has 6 aliphatic heterocycles. The normalized spacial score (nSPS) is 34.8. The van der Waals surface area contributed by atoms with Crippen LogP contribution >= 0.6 is 0 Å². The van der Waals surface area contributed by atoms with Gasteiger partial charge in [0.05, 0.1) is 76.3 Å². The highest BCUT2D eigenvalue weighted by molar-refractivity contribution is 5.56. The minimum Gasteiger partial charge on any atom is -0.373 e. The zero-order valence-electron chi connectivity index (χ0n) is 21.0. The van der Waals surface area contributed by atoms with E-state index in [-0.39, 0.29) is 42.2 Å². The second-order valence-electron chi connectivity index (χ2n) is 11.4. The van der Waals surface area contributed by atoms with Crippen LogP contribution < -0.4 is 16.8 Å². The molecule has 9 heteroatoms. The van der Waals surface area contributed by atoms with E-state index in [1.807, 2.05) is 0 Å². The van der Waals surface area contributed by atoms with Crippen molar-refractivity contribution in [1.82, 2.24) is 5.32 Å². The van der Waals surface area contributed by atoms with Gasteiger partial charge in [-0.1, -0.05) is 0 Å². The smallest absolute Gasteiger partial charge is 0.0934 e. The van der Waals surface area contributed by atoms with Crippen molar-refractivity contribution in [3.63, 3.8) is 0 Å². The number of rotatable bonds is 16. The maximum Gasteiger partial charge on any atom is 0.0934 e. The summed E-state index contributed by atoms with van der Waals surface area (Å²) in [5.41, 5.74) is 20.6. The molecule has 6 heterocycles. The van der Waals surface area contributed by atoms with Gasteiger partial charge in [0.1, 0.15) is 0 Å². The summed E-state index contributed by atoms with van der Waals surface area (Å²) in [6, 6.07) is 0. The standard InChI is InChI=1S/C27H39N3O6/c28-6-24-21(1-15-9-31-15)25(7-29)23(3-17-11-33-17)26(22(24)2-16-10-32-16)27(4-18-12-34-18,5-19-13-35-19)30-8-20-14-36-20/h15-20,30H,1-14,28-29H2. The Labute approximate surface area is 212 Å². The fourth-order valence-corrected chi connectivity index (χ4v) is 6.20. The van der Waals surface area contributed by atoms with Gasteiger partial charge < -0.3 is 45.2 Å². The van der Waals surface area contributed by atoms with E-state index in [4.69, 9.17) is 39.9 Å². The van der Waals surface area contributed by atoms with E-state index < -0.39 is 0 Å². The lowest BCUT2D eigenvalue weighted by molar-refractivity contribution is 0.213. The average molecular weight is 502 g/mol. The summed E-state index contributed by atoms with van der Waals surface area (Å²) in [5.74, 6) is 0. The summed E-state index contributed by atoms with van der Waals surface area (Å²) in [7, 11) is 0. The van der Waals surface area contributed by atoms with E-state index in [0.29, 0.717) is 13.1 Å². The van der Waals surface area contributed by atoms with Crippen LogP contribution in [0.3, 0.4) is 0 Å². The lowest BCUT2D eigenvalue weighted by atomic mass is 9.70. The molecule has 0 saturated carbocycles. The minimum absolute atomic E-state index is 0.242. The minimum atomic E-state index is -0.314. The van der Waals surface area contributed by atoms with Crippen molar-refractivity contribution in [2.45, 2.75) is 87.4 Å². The van der Waals surface area contributed by atoms with Crippen LogP contribution in [0.25, 0.3) is 0 Å². The number of nitrogens with one attached hydrogen (secondary N) is 1. The molecule has 0 spiro atoms. The Balaban J connectivity index is 1.43. The van der Waals surface area contributed by atoms with Crippen LogP contribution in [-0.2, 0) is 66.3 Å². The average Bonchev–Trinajstić information content (AvgIpc) is 3.64. The van der Waals surface area contributed by atoms with E-state index in [9.17, 15) is 0 Å². The Kier molecular flexibility index (Phi) is 6.35. The molecule has 5 N–H and O–H groups in total. The van der Waals surface area contributed by atoms with Crippen LogP contribution in [0, 0.1) is 0 Å². The molecule has 0 aromatic heterocycles. The van der Waals surface area contributed by atoms with Crippen molar-refractivity contribution in [1.29, 1.82) is 0 Å². The largest absolute Gasteiger partial charge is 0.373 e. The first-order valence-electron chi connectivity index (χ1n) is 13.7. The lowest BCUT2D eigenvalue weighted by Gasteiger charge is -2.41. The van der Waals surface area contributed by atoms with Crippen molar-refractivity contribution in [2.24, 2.45) is 11.5 Å². The van der Waals surface area contributed by atoms with E-state index in [1.54, 1.807) is 0 Å². The van der Waals surface area contributed by atoms with Crippen LogP contribution in [0.4, 0.5) is 0 Å². The Bertz CT molecular complexity index is 923. The van der Waals surface area contributed by atoms with Crippen molar-refractivity contribution < 1.29 is 28.4 Å². The molecule has 6 atom stereocenters. The molecular weight excluding hydrogens is 462 g/mol. The van der Waals surface area contributed by atoms with Gasteiger partial charge in [-0.3, -0.25) is 0 Å². The Morgan fingerprint density at radius 1 is 0.556 bits per heavy atom. The van der Waals surface area contributed by atoms with Gasteiger partial charge in [0.2, 0.25) is 0 Å². The predicted octanol–water partition coefficient (Wildman–Crippen LogP) is 0.189. The van der Waals surface area contributed by atoms with Crippen molar-refractivity contribution in [3.8, 4) is 0 Å². The molecule has 0 bridgehead atoms. The van der Waals surface area contributed by atoms with Gasteiger partial charge in [-0.15, -0.1) is 0 Å². The highest BCUT2D eigenvalue weighted by Crippen LogP contribution is 2.46. The lowest BCUT2D eigenvalue weighted by Crippen LogP contribution is -2.48. The second-order valence-corrected chi connectivity index (χ2v) is 11.4. The van der Waals surface area contributed by atoms with Gasteiger partial charge in [0.15, 0.2) is 0 Å². The molecule has 0 radical (unpaired) electrons. The predicted molar refractivity (Wildman–Crippen MR) is 131 cm³/mol. The first-order chi connectivity index (χ1) is 17.7. The molecule has 198 valence electrons. The van der Waals surface area contributed by atoms with Gasteiger partial charge in [-0.25, -0.2) is 0 Å². The zero-order valence-corrected chi connectivity index (χ0v) is 21.0. The summed E-state index contributed by atoms with van der Waals surface area (Å²) in [6.45, 7) is 6.61. The van der Waals surface area contributed by atoms with E-state index in [1.165, 1.54) is 33.4 Å². The molecular formula is C27H39N3O6. The van der Waals surface area contributed by atoms with Crippen LogP contribution in [-0.4, -0.2) is 82.8 Å². The Hall–Kier alpha value is -1.14. The second kappa shape index (κ2) is 9.55. The molecule has 1 aromatic carbocycles. The summed E-state index contributed by atoms with van der Waals surface area (Å²) in [4.78, 5) is 0. The van der Waals surface area contributed by atoms with Gasteiger partial charge >= 0.3 is 0 Å². The number of benzene rings is 1. The number of nitrogens with two attached hydrogens (primary N) is 2. The highest BCUT2D eigenvalue weighted by atomic mass is 16.6. The first kappa shape index (κ1) is 23.9. The maximum atomic E-state index is 6.57.